The Morgan fingerprint density at radius 1 is 1.61 bits per heavy atom. The first-order valence-electron chi connectivity index (χ1n) is 5.70. The highest BCUT2D eigenvalue weighted by molar-refractivity contribution is 5.91. The highest BCUT2D eigenvalue weighted by Crippen LogP contribution is 2.07. The van der Waals surface area contributed by atoms with E-state index in [2.05, 4.69) is 4.98 Å². The van der Waals surface area contributed by atoms with Gasteiger partial charge in [0.1, 0.15) is 11.5 Å². The summed E-state index contributed by atoms with van der Waals surface area (Å²) in [5, 5.41) is 0. The van der Waals surface area contributed by atoms with Gasteiger partial charge < -0.3 is 19.6 Å². The van der Waals surface area contributed by atoms with Crippen molar-refractivity contribution >= 4 is 5.91 Å². The van der Waals surface area contributed by atoms with Crippen molar-refractivity contribution in [1.29, 1.82) is 0 Å². The summed E-state index contributed by atoms with van der Waals surface area (Å²) in [5.41, 5.74) is 5.85. The number of imidazole rings is 1. The molecule has 6 heteroatoms. The normalized spacial score (nSPS) is 10.6. The number of furan rings is 1. The molecule has 0 fully saturated rings. The minimum absolute atomic E-state index is 0.137. The smallest absolute Gasteiger partial charge is 0.274 e. The molecule has 0 aliphatic heterocycles. The van der Waals surface area contributed by atoms with Crippen molar-refractivity contribution in [2.45, 2.75) is 13.1 Å². The lowest BCUT2D eigenvalue weighted by Gasteiger charge is -2.13. The molecule has 96 valence electrons. The van der Waals surface area contributed by atoms with E-state index in [0.717, 1.165) is 5.76 Å². The number of hydrogen-bond acceptors (Lipinski definition) is 4. The molecule has 2 aromatic heterocycles. The Bertz CT molecular complexity index is 504. The Morgan fingerprint density at radius 3 is 3.11 bits per heavy atom. The van der Waals surface area contributed by atoms with Gasteiger partial charge in [-0.3, -0.25) is 4.79 Å². The van der Waals surface area contributed by atoms with E-state index < -0.39 is 0 Å². The standard InChI is InChI=1S/C12H16N4O2/c1-15(7-10-3-2-6-18-10)12(17)11-8-16(5-4-13)9-14-11/h2-3,6,8-9H,4-5,7,13H2,1H3. The van der Waals surface area contributed by atoms with Crippen molar-refractivity contribution < 1.29 is 9.21 Å². The van der Waals surface area contributed by atoms with E-state index >= 15 is 0 Å². The van der Waals surface area contributed by atoms with E-state index in [4.69, 9.17) is 10.2 Å². The number of carbonyl (C=O) groups excluding carboxylic acids is 1. The number of carbonyl (C=O) groups is 1. The van der Waals surface area contributed by atoms with Crippen LogP contribution in [0.2, 0.25) is 0 Å². The van der Waals surface area contributed by atoms with Crippen molar-refractivity contribution in [1.82, 2.24) is 14.5 Å². The average molecular weight is 248 g/mol. The third kappa shape index (κ3) is 2.78. The van der Waals surface area contributed by atoms with E-state index in [1.165, 1.54) is 0 Å². The van der Waals surface area contributed by atoms with Crippen LogP contribution in [0.1, 0.15) is 16.2 Å². The van der Waals surface area contributed by atoms with Crippen LogP contribution in [0.4, 0.5) is 0 Å². The molecule has 0 radical (unpaired) electrons. The molecule has 0 saturated heterocycles. The van der Waals surface area contributed by atoms with E-state index in [9.17, 15) is 4.79 Å². The molecular formula is C12H16N4O2. The molecule has 0 atom stereocenters. The predicted molar refractivity (Wildman–Crippen MR) is 65.8 cm³/mol. The third-order valence-corrected chi connectivity index (χ3v) is 2.56. The zero-order chi connectivity index (χ0) is 13.0. The van der Waals surface area contributed by atoms with Crippen LogP contribution in [0.5, 0.6) is 0 Å². The van der Waals surface area contributed by atoms with Crippen LogP contribution < -0.4 is 5.73 Å². The van der Waals surface area contributed by atoms with Crippen LogP contribution in [0.3, 0.4) is 0 Å². The lowest BCUT2D eigenvalue weighted by Crippen LogP contribution is -2.26. The van der Waals surface area contributed by atoms with Crippen molar-refractivity contribution in [2.75, 3.05) is 13.6 Å². The minimum Gasteiger partial charge on any atom is -0.467 e. The van der Waals surface area contributed by atoms with Gasteiger partial charge in [-0.05, 0) is 12.1 Å². The summed E-state index contributed by atoms with van der Waals surface area (Å²) in [5.74, 6) is 0.606. The molecule has 0 aliphatic rings. The van der Waals surface area contributed by atoms with Crippen LogP contribution in [-0.2, 0) is 13.1 Å². The van der Waals surface area contributed by atoms with Gasteiger partial charge in [0.2, 0.25) is 0 Å². The Balaban J connectivity index is 2.01. The Kier molecular flexibility index (Phi) is 3.78. The maximum atomic E-state index is 12.1. The monoisotopic (exact) mass is 248 g/mol. The van der Waals surface area contributed by atoms with Gasteiger partial charge in [0.05, 0.1) is 19.1 Å². The van der Waals surface area contributed by atoms with Crippen molar-refractivity contribution in [2.24, 2.45) is 5.73 Å². The lowest BCUT2D eigenvalue weighted by atomic mass is 10.3. The number of nitrogens with zero attached hydrogens (tertiary/aromatic N) is 3. The van der Waals surface area contributed by atoms with Crippen LogP contribution in [0.25, 0.3) is 0 Å². The molecule has 18 heavy (non-hydrogen) atoms. The molecule has 2 heterocycles. The summed E-state index contributed by atoms with van der Waals surface area (Å²) in [6.07, 6.45) is 4.90. The minimum atomic E-state index is -0.137. The largest absolute Gasteiger partial charge is 0.467 e. The van der Waals surface area contributed by atoms with Gasteiger partial charge in [-0.2, -0.15) is 0 Å². The fourth-order valence-corrected chi connectivity index (χ4v) is 1.65. The second kappa shape index (κ2) is 5.50. The topological polar surface area (TPSA) is 77.3 Å². The van der Waals surface area contributed by atoms with Gasteiger partial charge >= 0.3 is 0 Å². The second-order valence-corrected chi connectivity index (χ2v) is 4.03. The van der Waals surface area contributed by atoms with E-state index in [1.54, 1.807) is 41.4 Å². The summed E-state index contributed by atoms with van der Waals surface area (Å²) >= 11 is 0. The molecule has 0 aromatic carbocycles. The Morgan fingerprint density at radius 2 is 2.44 bits per heavy atom. The molecule has 0 spiro atoms. The van der Waals surface area contributed by atoms with Gasteiger partial charge in [0.25, 0.3) is 5.91 Å². The van der Waals surface area contributed by atoms with Gasteiger partial charge in [0, 0.05) is 26.3 Å². The highest BCUT2D eigenvalue weighted by Gasteiger charge is 2.15. The first-order chi connectivity index (χ1) is 8.70. The predicted octanol–water partition coefficient (Wildman–Crippen LogP) is 0.707. The maximum absolute atomic E-state index is 12.1. The zero-order valence-electron chi connectivity index (χ0n) is 10.2. The number of rotatable bonds is 5. The second-order valence-electron chi connectivity index (χ2n) is 4.03. The number of amides is 1. The van der Waals surface area contributed by atoms with Gasteiger partial charge in [0.15, 0.2) is 0 Å². The SMILES string of the molecule is CN(Cc1ccco1)C(=O)c1cn(CCN)cn1. The number of hydrogen-bond donors (Lipinski definition) is 1. The van der Waals surface area contributed by atoms with Gasteiger partial charge in [-0.15, -0.1) is 0 Å². The van der Waals surface area contributed by atoms with Crippen LogP contribution in [-0.4, -0.2) is 34.0 Å². The molecular weight excluding hydrogens is 232 g/mol. The molecule has 1 amide bonds. The van der Waals surface area contributed by atoms with E-state index in [0.29, 0.717) is 25.3 Å². The van der Waals surface area contributed by atoms with E-state index in [-0.39, 0.29) is 5.91 Å². The summed E-state index contributed by atoms with van der Waals surface area (Å²) in [6, 6.07) is 3.63. The van der Waals surface area contributed by atoms with Crippen LogP contribution in [0.15, 0.2) is 35.3 Å². The van der Waals surface area contributed by atoms with Gasteiger partial charge in [-0.1, -0.05) is 0 Å². The molecule has 2 rings (SSSR count). The molecule has 6 nitrogen and oxygen atoms in total. The summed E-state index contributed by atoms with van der Waals surface area (Å²) in [6.45, 7) is 1.60. The summed E-state index contributed by atoms with van der Waals surface area (Å²) in [7, 11) is 1.72. The number of aromatic nitrogens is 2. The van der Waals surface area contributed by atoms with Crippen molar-refractivity contribution in [3.8, 4) is 0 Å². The summed E-state index contributed by atoms with van der Waals surface area (Å²) in [4.78, 5) is 17.7. The third-order valence-electron chi connectivity index (χ3n) is 2.56. The quantitative estimate of drug-likeness (QED) is 0.845. The van der Waals surface area contributed by atoms with E-state index in [1.807, 2.05) is 6.07 Å². The highest BCUT2D eigenvalue weighted by atomic mass is 16.3. The van der Waals surface area contributed by atoms with Gasteiger partial charge in [-0.25, -0.2) is 4.98 Å². The first kappa shape index (κ1) is 12.4. The fraction of sp³-hybridized carbons (Fsp3) is 0.333. The summed E-state index contributed by atoms with van der Waals surface area (Å²) < 4.78 is 7.00. The number of nitrogens with two attached hydrogens (primary N) is 1. The molecule has 2 N–H and O–H groups in total. The molecule has 0 saturated carbocycles. The molecule has 0 unspecified atom stereocenters. The molecule has 0 aliphatic carbocycles. The van der Waals surface area contributed by atoms with Crippen LogP contribution in [0, 0.1) is 0 Å². The lowest BCUT2D eigenvalue weighted by molar-refractivity contribution is 0.0770. The molecule has 2 aromatic rings. The fourth-order valence-electron chi connectivity index (χ4n) is 1.65. The Hall–Kier alpha value is -2.08. The zero-order valence-corrected chi connectivity index (χ0v) is 10.2. The first-order valence-corrected chi connectivity index (χ1v) is 5.70. The average Bonchev–Trinajstić information content (AvgIpc) is 3.00. The van der Waals surface area contributed by atoms with Crippen LogP contribution >= 0.6 is 0 Å². The Labute approximate surface area is 105 Å². The van der Waals surface area contributed by atoms with Crippen molar-refractivity contribution in [3.63, 3.8) is 0 Å². The van der Waals surface area contributed by atoms with Crippen molar-refractivity contribution in [3.05, 3.63) is 42.4 Å². The maximum Gasteiger partial charge on any atom is 0.274 e. The molecule has 0 bridgehead atoms.